The molecule has 0 amide bonds. The van der Waals surface area contributed by atoms with Gasteiger partial charge in [-0.2, -0.15) is 9.97 Å². The standard InChI is InChI=1S/C43H27N5/c1-4-15-29(16-5-1)41-44-42(30-17-6-2-7-18-30)46-43(45-41)48-36-23-13-12-22-33(36)34-26-39-35(27-38(34)48)40-32-21-11-10-14-28(32)24-25-37(40)47(39)31-19-8-3-9-20-31/h1-27H. The van der Waals surface area contributed by atoms with Gasteiger partial charge in [0.05, 0.1) is 22.1 Å². The molecule has 0 N–H and O–H groups in total. The summed E-state index contributed by atoms with van der Waals surface area (Å²) >= 11 is 0. The Labute approximate surface area is 276 Å². The minimum Gasteiger partial charge on any atom is -0.309 e. The van der Waals surface area contributed by atoms with Gasteiger partial charge in [0.15, 0.2) is 11.6 Å². The Morgan fingerprint density at radius 3 is 1.62 bits per heavy atom. The summed E-state index contributed by atoms with van der Waals surface area (Å²) in [6, 6.07) is 57.3. The molecule has 0 bridgehead atoms. The Kier molecular flexibility index (Phi) is 5.81. The largest absolute Gasteiger partial charge is 0.309 e. The van der Waals surface area contributed by atoms with Crippen molar-refractivity contribution in [2.45, 2.75) is 0 Å². The lowest BCUT2D eigenvalue weighted by Gasteiger charge is -2.11. The fourth-order valence-corrected chi connectivity index (χ4v) is 7.22. The molecule has 0 aliphatic carbocycles. The van der Waals surface area contributed by atoms with Crippen molar-refractivity contribution >= 4 is 54.4 Å². The maximum absolute atomic E-state index is 5.15. The number of hydrogen-bond acceptors (Lipinski definition) is 3. The molecule has 48 heavy (non-hydrogen) atoms. The Morgan fingerprint density at radius 2 is 0.917 bits per heavy atom. The van der Waals surface area contributed by atoms with Crippen molar-refractivity contribution < 1.29 is 0 Å². The maximum atomic E-state index is 5.15. The molecule has 0 atom stereocenters. The number of nitrogens with zero attached hydrogens (tertiary/aromatic N) is 5. The molecule has 10 rings (SSSR count). The first kappa shape index (κ1) is 26.6. The summed E-state index contributed by atoms with van der Waals surface area (Å²) in [4.78, 5) is 15.3. The summed E-state index contributed by atoms with van der Waals surface area (Å²) in [5.41, 5.74) is 7.45. The molecule has 0 aliphatic heterocycles. The van der Waals surface area contributed by atoms with Crippen LogP contribution in [0.3, 0.4) is 0 Å². The van der Waals surface area contributed by atoms with Gasteiger partial charge in [0.25, 0.3) is 0 Å². The molecule has 0 aliphatic rings. The molecular weight excluding hydrogens is 587 g/mol. The molecule has 0 radical (unpaired) electrons. The Hall–Kier alpha value is -6.59. The average Bonchev–Trinajstić information content (AvgIpc) is 3.67. The second kappa shape index (κ2) is 10.5. The monoisotopic (exact) mass is 613 g/mol. The second-order valence-corrected chi connectivity index (χ2v) is 12.1. The van der Waals surface area contributed by atoms with Crippen LogP contribution in [0.5, 0.6) is 0 Å². The van der Waals surface area contributed by atoms with E-state index in [9.17, 15) is 0 Å². The Morgan fingerprint density at radius 1 is 0.354 bits per heavy atom. The lowest BCUT2D eigenvalue weighted by molar-refractivity contribution is 0.954. The van der Waals surface area contributed by atoms with Crippen LogP contribution in [0.1, 0.15) is 0 Å². The molecule has 0 unspecified atom stereocenters. The predicted molar refractivity (Wildman–Crippen MR) is 197 cm³/mol. The lowest BCUT2D eigenvalue weighted by Crippen LogP contribution is -2.06. The normalized spacial score (nSPS) is 11.8. The number of rotatable bonds is 4. The average molecular weight is 614 g/mol. The quantitative estimate of drug-likeness (QED) is 0.198. The van der Waals surface area contributed by atoms with E-state index in [4.69, 9.17) is 15.0 Å². The van der Waals surface area contributed by atoms with Crippen LogP contribution in [-0.4, -0.2) is 24.1 Å². The molecule has 0 spiro atoms. The van der Waals surface area contributed by atoms with Gasteiger partial charge in [-0.3, -0.25) is 4.57 Å². The van der Waals surface area contributed by atoms with Crippen LogP contribution < -0.4 is 0 Å². The smallest absolute Gasteiger partial charge is 0.238 e. The highest BCUT2D eigenvalue weighted by molar-refractivity contribution is 6.25. The molecule has 10 aromatic rings. The fraction of sp³-hybridized carbons (Fsp3) is 0. The number of hydrogen-bond donors (Lipinski definition) is 0. The van der Waals surface area contributed by atoms with Crippen molar-refractivity contribution in [2.75, 3.05) is 0 Å². The van der Waals surface area contributed by atoms with E-state index in [1.807, 2.05) is 60.7 Å². The van der Waals surface area contributed by atoms with Gasteiger partial charge in [-0.25, -0.2) is 4.98 Å². The van der Waals surface area contributed by atoms with Crippen molar-refractivity contribution in [3.05, 3.63) is 164 Å². The van der Waals surface area contributed by atoms with Crippen LogP contribution in [-0.2, 0) is 0 Å². The summed E-state index contributed by atoms with van der Waals surface area (Å²) in [5, 5.41) is 7.15. The van der Waals surface area contributed by atoms with Crippen molar-refractivity contribution in [1.82, 2.24) is 24.1 Å². The van der Waals surface area contributed by atoms with E-state index >= 15 is 0 Å². The van der Waals surface area contributed by atoms with Crippen LogP contribution in [0.4, 0.5) is 0 Å². The van der Waals surface area contributed by atoms with E-state index in [2.05, 4.69) is 112 Å². The summed E-state index contributed by atoms with van der Waals surface area (Å²) < 4.78 is 4.61. The van der Waals surface area contributed by atoms with Crippen LogP contribution >= 0.6 is 0 Å². The first-order chi connectivity index (χ1) is 23.8. The van der Waals surface area contributed by atoms with Crippen LogP contribution in [0.2, 0.25) is 0 Å². The third-order valence-corrected chi connectivity index (χ3v) is 9.35. The zero-order valence-electron chi connectivity index (χ0n) is 25.8. The molecule has 0 saturated heterocycles. The molecule has 3 heterocycles. The van der Waals surface area contributed by atoms with E-state index in [1.54, 1.807) is 0 Å². The van der Waals surface area contributed by atoms with E-state index in [0.717, 1.165) is 44.1 Å². The highest BCUT2D eigenvalue weighted by Crippen LogP contribution is 2.41. The second-order valence-electron chi connectivity index (χ2n) is 12.1. The van der Waals surface area contributed by atoms with Crippen LogP contribution in [0.25, 0.3) is 88.8 Å². The molecule has 0 fully saturated rings. The van der Waals surface area contributed by atoms with Crippen LogP contribution in [0, 0.1) is 0 Å². The molecular formula is C43H27N5. The summed E-state index contributed by atoms with van der Waals surface area (Å²) in [6.07, 6.45) is 0. The van der Waals surface area contributed by atoms with Gasteiger partial charge in [0, 0.05) is 38.4 Å². The van der Waals surface area contributed by atoms with E-state index in [-0.39, 0.29) is 0 Å². The third-order valence-electron chi connectivity index (χ3n) is 9.35. The number of benzene rings is 7. The van der Waals surface area contributed by atoms with Crippen molar-refractivity contribution in [3.63, 3.8) is 0 Å². The summed E-state index contributed by atoms with van der Waals surface area (Å²) in [6.45, 7) is 0. The van der Waals surface area contributed by atoms with Gasteiger partial charge >= 0.3 is 0 Å². The van der Waals surface area contributed by atoms with E-state index in [0.29, 0.717) is 17.6 Å². The van der Waals surface area contributed by atoms with E-state index in [1.165, 1.54) is 27.1 Å². The molecule has 0 saturated carbocycles. The van der Waals surface area contributed by atoms with Gasteiger partial charge in [0.2, 0.25) is 5.95 Å². The maximum Gasteiger partial charge on any atom is 0.238 e. The molecule has 5 nitrogen and oxygen atoms in total. The van der Waals surface area contributed by atoms with Gasteiger partial charge in [-0.05, 0) is 47.2 Å². The zero-order valence-corrected chi connectivity index (χ0v) is 25.8. The summed E-state index contributed by atoms with van der Waals surface area (Å²) in [7, 11) is 0. The first-order valence-corrected chi connectivity index (χ1v) is 16.1. The first-order valence-electron chi connectivity index (χ1n) is 16.1. The van der Waals surface area contributed by atoms with Crippen LogP contribution in [0.15, 0.2) is 164 Å². The Balaban J connectivity index is 1.36. The SMILES string of the molecule is c1ccc(-c2nc(-c3ccccc3)nc(-n3c4ccccc4c4cc5c(cc43)c3c4ccccc4ccc3n5-c3ccccc3)n2)cc1. The predicted octanol–water partition coefficient (Wildman–Crippen LogP) is 10.6. The highest BCUT2D eigenvalue weighted by atomic mass is 15.2. The minimum atomic E-state index is 0.588. The fourth-order valence-electron chi connectivity index (χ4n) is 7.22. The molecule has 224 valence electrons. The van der Waals surface area contributed by atoms with Gasteiger partial charge in [-0.1, -0.05) is 127 Å². The van der Waals surface area contributed by atoms with Gasteiger partial charge in [0.1, 0.15) is 0 Å². The molecule has 3 aromatic heterocycles. The number of fused-ring (bicyclic) bond motifs is 8. The molecule has 7 aromatic carbocycles. The lowest BCUT2D eigenvalue weighted by atomic mass is 10.0. The van der Waals surface area contributed by atoms with E-state index < -0.39 is 0 Å². The van der Waals surface area contributed by atoms with Gasteiger partial charge < -0.3 is 4.57 Å². The summed E-state index contributed by atoms with van der Waals surface area (Å²) in [5.74, 6) is 1.86. The zero-order chi connectivity index (χ0) is 31.6. The number of para-hydroxylation sites is 2. The third kappa shape index (κ3) is 4.01. The minimum absolute atomic E-state index is 0.588. The Bertz CT molecular complexity index is 2760. The van der Waals surface area contributed by atoms with Crippen molar-refractivity contribution in [1.29, 1.82) is 0 Å². The highest BCUT2D eigenvalue weighted by Gasteiger charge is 2.21. The molecule has 5 heteroatoms. The van der Waals surface area contributed by atoms with Crippen molar-refractivity contribution in [3.8, 4) is 34.4 Å². The topological polar surface area (TPSA) is 48.5 Å². The number of aromatic nitrogens is 5. The van der Waals surface area contributed by atoms with Crippen molar-refractivity contribution in [2.24, 2.45) is 0 Å². The van der Waals surface area contributed by atoms with Gasteiger partial charge in [-0.15, -0.1) is 0 Å².